The molecule has 0 atom stereocenters. The van der Waals surface area contributed by atoms with Crippen molar-refractivity contribution in [1.29, 1.82) is 0 Å². The van der Waals surface area contributed by atoms with Gasteiger partial charge in [-0.15, -0.1) is 0 Å². The summed E-state index contributed by atoms with van der Waals surface area (Å²) >= 11 is 5.23. The van der Waals surface area contributed by atoms with Crippen LogP contribution in [0.4, 0.5) is 5.69 Å². The molecule has 0 aromatic heterocycles. The fourth-order valence-electron chi connectivity index (χ4n) is 1.99. The van der Waals surface area contributed by atoms with Crippen molar-refractivity contribution in [1.82, 2.24) is 5.43 Å². The van der Waals surface area contributed by atoms with E-state index in [9.17, 15) is 0 Å². The zero-order valence-corrected chi connectivity index (χ0v) is 13.7. The minimum atomic E-state index is 0.450. The maximum absolute atomic E-state index is 5.23. The summed E-state index contributed by atoms with van der Waals surface area (Å²) in [5.74, 6) is 0.792. The molecule has 0 fully saturated rings. The van der Waals surface area contributed by atoms with Gasteiger partial charge in [-0.05, 0) is 55.4 Å². The summed E-state index contributed by atoms with van der Waals surface area (Å²) in [7, 11) is 1.64. The van der Waals surface area contributed by atoms with Crippen molar-refractivity contribution < 1.29 is 4.74 Å². The van der Waals surface area contributed by atoms with E-state index in [-0.39, 0.29) is 0 Å². The quantitative estimate of drug-likeness (QED) is 0.514. The molecule has 0 aliphatic heterocycles. The third-order valence-electron chi connectivity index (χ3n) is 3.10. The second-order valence-corrected chi connectivity index (χ2v) is 5.33. The lowest BCUT2D eigenvalue weighted by atomic mass is 10.1. The van der Waals surface area contributed by atoms with Gasteiger partial charge in [0.2, 0.25) is 0 Å². The number of anilines is 1. The van der Waals surface area contributed by atoms with Gasteiger partial charge in [0, 0.05) is 5.69 Å². The highest BCUT2D eigenvalue weighted by Crippen LogP contribution is 2.15. The molecule has 0 bridgehead atoms. The van der Waals surface area contributed by atoms with Crippen LogP contribution >= 0.6 is 12.2 Å². The lowest BCUT2D eigenvalue weighted by Gasteiger charge is -2.10. The largest absolute Gasteiger partial charge is 0.497 e. The van der Waals surface area contributed by atoms with Crippen molar-refractivity contribution in [2.75, 3.05) is 12.4 Å². The third-order valence-corrected chi connectivity index (χ3v) is 3.30. The number of hydrogen-bond acceptors (Lipinski definition) is 3. The second kappa shape index (κ2) is 7.56. The molecule has 0 radical (unpaired) electrons. The minimum absolute atomic E-state index is 0.450. The number of rotatable bonds is 4. The average Bonchev–Trinajstić information content (AvgIpc) is 2.50. The number of benzene rings is 2. The fraction of sp³-hybridized carbons (Fsp3) is 0.176. The van der Waals surface area contributed by atoms with E-state index in [1.165, 1.54) is 5.56 Å². The Balaban J connectivity index is 1.93. The van der Waals surface area contributed by atoms with E-state index in [2.05, 4.69) is 28.8 Å². The van der Waals surface area contributed by atoms with Crippen molar-refractivity contribution in [2.24, 2.45) is 5.10 Å². The normalized spacial score (nSPS) is 10.5. The molecule has 0 aliphatic carbocycles. The Kier molecular flexibility index (Phi) is 5.49. The molecule has 0 spiro atoms. The molecule has 2 N–H and O–H groups in total. The van der Waals surface area contributed by atoms with E-state index in [0.717, 1.165) is 22.6 Å². The Hall–Kier alpha value is -2.40. The van der Waals surface area contributed by atoms with Crippen LogP contribution in [-0.4, -0.2) is 18.4 Å². The Morgan fingerprint density at radius 1 is 1.18 bits per heavy atom. The van der Waals surface area contributed by atoms with Crippen LogP contribution in [0, 0.1) is 13.8 Å². The van der Waals surface area contributed by atoms with Gasteiger partial charge in [-0.2, -0.15) is 5.10 Å². The first-order valence-corrected chi connectivity index (χ1v) is 7.30. The van der Waals surface area contributed by atoms with Crippen LogP contribution in [0.3, 0.4) is 0 Å². The molecule has 0 aliphatic rings. The molecule has 2 aromatic carbocycles. The van der Waals surface area contributed by atoms with Gasteiger partial charge in [0.15, 0.2) is 5.11 Å². The summed E-state index contributed by atoms with van der Waals surface area (Å²) in [6.07, 6.45) is 1.69. The van der Waals surface area contributed by atoms with Crippen molar-refractivity contribution >= 4 is 29.2 Å². The number of nitrogens with one attached hydrogen (secondary N) is 2. The van der Waals surface area contributed by atoms with E-state index >= 15 is 0 Å². The number of nitrogens with zero attached hydrogens (tertiary/aromatic N) is 1. The van der Waals surface area contributed by atoms with Gasteiger partial charge in [-0.3, -0.25) is 5.43 Å². The number of aryl methyl sites for hydroxylation is 2. The van der Waals surface area contributed by atoms with Crippen LogP contribution in [0.1, 0.15) is 16.7 Å². The second-order valence-electron chi connectivity index (χ2n) is 4.92. The van der Waals surface area contributed by atoms with Crippen LogP contribution in [0.15, 0.2) is 47.6 Å². The van der Waals surface area contributed by atoms with Gasteiger partial charge < -0.3 is 10.1 Å². The number of hydrogen-bond donors (Lipinski definition) is 2. The third kappa shape index (κ3) is 4.56. The summed E-state index contributed by atoms with van der Waals surface area (Å²) < 4.78 is 5.16. The van der Waals surface area contributed by atoms with Gasteiger partial charge in [0.1, 0.15) is 5.75 Å². The van der Waals surface area contributed by atoms with E-state index in [1.54, 1.807) is 13.3 Å². The molecule has 114 valence electrons. The van der Waals surface area contributed by atoms with Gasteiger partial charge in [-0.25, -0.2) is 0 Å². The molecule has 5 heteroatoms. The highest BCUT2D eigenvalue weighted by molar-refractivity contribution is 7.80. The predicted molar refractivity (Wildman–Crippen MR) is 95.9 cm³/mol. The predicted octanol–water partition coefficient (Wildman–Crippen LogP) is 3.63. The number of ether oxygens (including phenoxy) is 1. The SMILES string of the molecule is COc1cccc(/C=N\NC(=S)Nc2ccc(C)cc2C)c1. The first-order chi connectivity index (χ1) is 10.6. The average molecular weight is 313 g/mol. The van der Waals surface area contributed by atoms with E-state index in [4.69, 9.17) is 17.0 Å². The zero-order valence-electron chi connectivity index (χ0n) is 12.9. The molecule has 4 nitrogen and oxygen atoms in total. The van der Waals surface area contributed by atoms with Crippen LogP contribution in [0.25, 0.3) is 0 Å². The molecular weight excluding hydrogens is 294 g/mol. The highest BCUT2D eigenvalue weighted by atomic mass is 32.1. The first-order valence-electron chi connectivity index (χ1n) is 6.90. The van der Waals surface area contributed by atoms with Crippen molar-refractivity contribution in [2.45, 2.75) is 13.8 Å². The van der Waals surface area contributed by atoms with Crippen molar-refractivity contribution in [3.05, 3.63) is 59.2 Å². The molecule has 0 amide bonds. The van der Waals surface area contributed by atoms with E-state index in [1.807, 2.05) is 43.3 Å². The number of hydrazone groups is 1. The Labute approximate surface area is 136 Å². The molecule has 2 aromatic rings. The molecule has 0 heterocycles. The maximum atomic E-state index is 5.23. The monoisotopic (exact) mass is 313 g/mol. The molecule has 22 heavy (non-hydrogen) atoms. The van der Waals surface area contributed by atoms with Crippen LogP contribution in [0.2, 0.25) is 0 Å². The summed E-state index contributed by atoms with van der Waals surface area (Å²) in [4.78, 5) is 0. The Morgan fingerprint density at radius 2 is 2.00 bits per heavy atom. The van der Waals surface area contributed by atoms with Crippen LogP contribution < -0.4 is 15.5 Å². The molecule has 0 saturated heterocycles. The maximum Gasteiger partial charge on any atom is 0.191 e. The Bertz CT molecular complexity index is 698. The lowest BCUT2D eigenvalue weighted by molar-refractivity contribution is 0.415. The molecular formula is C17H19N3OS. The van der Waals surface area contributed by atoms with E-state index < -0.39 is 0 Å². The highest BCUT2D eigenvalue weighted by Gasteiger charge is 2.00. The van der Waals surface area contributed by atoms with Gasteiger partial charge in [0.25, 0.3) is 0 Å². The Morgan fingerprint density at radius 3 is 2.73 bits per heavy atom. The molecule has 0 unspecified atom stereocenters. The number of methoxy groups -OCH3 is 1. The molecule has 0 saturated carbocycles. The van der Waals surface area contributed by atoms with E-state index in [0.29, 0.717) is 5.11 Å². The summed E-state index contributed by atoms with van der Waals surface area (Å²) in [5.41, 5.74) is 7.07. The van der Waals surface area contributed by atoms with Gasteiger partial charge in [0.05, 0.1) is 13.3 Å². The summed E-state index contributed by atoms with van der Waals surface area (Å²) in [6.45, 7) is 4.10. The standard InChI is InChI=1S/C17H19N3OS/c1-12-7-8-16(13(2)9-12)19-17(22)20-18-11-14-5-4-6-15(10-14)21-3/h4-11H,1-3H3,(H2,19,20,22)/b18-11-. The van der Waals surface area contributed by atoms with Crippen molar-refractivity contribution in [3.8, 4) is 5.75 Å². The number of thiocarbonyl (C=S) groups is 1. The van der Waals surface area contributed by atoms with Crippen LogP contribution in [0.5, 0.6) is 5.75 Å². The lowest BCUT2D eigenvalue weighted by Crippen LogP contribution is -2.24. The summed E-state index contributed by atoms with van der Waals surface area (Å²) in [6, 6.07) is 13.8. The first kappa shape index (κ1) is 16.0. The zero-order chi connectivity index (χ0) is 15.9. The van der Waals surface area contributed by atoms with Gasteiger partial charge >= 0.3 is 0 Å². The summed E-state index contributed by atoms with van der Waals surface area (Å²) in [5, 5.41) is 7.70. The van der Waals surface area contributed by atoms with Gasteiger partial charge in [-0.1, -0.05) is 29.8 Å². The smallest absolute Gasteiger partial charge is 0.191 e. The minimum Gasteiger partial charge on any atom is -0.497 e. The van der Waals surface area contributed by atoms with Crippen molar-refractivity contribution in [3.63, 3.8) is 0 Å². The van der Waals surface area contributed by atoms with Crippen LogP contribution in [-0.2, 0) is 0 Å². The molecule has 2 rings (SSSR count). The fourth-order valence-corrected chi connectivity index (χ4v) is 2.15. The topological polar surface area (TPSA) is 45.6 Å².